The van der Waals surface area contributed by atoms with E-state index in [4.69, 9.17) is 0 Å². The fourth-order valence-electron chi connectivity index (χ4n) is 1.76. The molecule has 2 heterocycles. The van der Waals surface area contributed by atoms with Gasteiger partial charge in [-0.05, 0) is 0 Å². The van der Waals surface area contributed by atoms with Crippen molar-refractivity contribution in [3.8, 4) is 0 Å². The third-order valence-electron chi connectivity index (χ3n) is 2.29. The lowest BCUT2D eigenvalue weighted by atomic mass is 10.3. The molecule has 0 radical (unpaired) electrons. The van der Waals surface area contributed by atoms with Crippen LogP contribution in [-0.4, -0.2) is 43.1 Å². The van der Waals surface area contributed by atoms with Crippen molar-refractivity contribution in [1.82, 2.24) is 13.6 Å². The van der Waals surface area contributed by atoms with Gasteiger partial charge in [-0.3, -0.25) is 4.79 Å². The monoisotopic (exact) mass is 243 g/mol. The van der Waals surface area contributed by atoms with E-state index in [2.05, 4.69) is 22.6 Å². The Morgan fingerprint density at radius 1 is 1.47 bits per heavy atom. The molecule has 0 bridgehead atoms. The van der Waals surface area contributed by atoms with Gasteiger partial charge in [0.05, 0.1) is 17.9 Å². The van der Waals surface area contributed by atoms with Gasteiger partial charge >= 0.3 is 0 Å². The maximum Gasteiger partial charge on any atom is 0.275 e. The second kappa shape index (κ2) is 4.49. The largest absolute Gasteiger partial charge is 0.335 e. The van der Waals surface area contributed by atoms with Crippen LogP contribution in [0, 0.1) is 0 Å². The van der Waals surface area contributed by atoms with E-state index < -0.39 is 0 Å². The van der Waals surface area contributed by atoms with Gasteiger partial charge in [-0.25, -0.2) is 0 Å². The highest BCUT2D eigenvalue weighted by atomic mass is 32.2. The zero-order valence-corrected chi connectivity index (χ0v) is 10.3. The van der Waals surface area contributed by atoms with Crippen LogP contribution in [0.5, 0.6) is 0 Å². The van der Waals surface area contributed by atoms with E-state index in [1.165, 1.54) is 0 Å². The first-order valence-electron chi connectivity index (χ1n) is 4.89. The van der Waals surface area contributed by atoms with Gasteiger partial charge in [-0.2, -0.15) is 20.5 Å². The molecule has 0 N–H and O–H groups in total. The van der Waals surface area contributed by atoms with Crippen molar-refractivity contribution in [3.05, 3.63) is 11.9 Å². The standard InChI is InChI=1S/C9H13N3OS2/c1-6-4-12(5-7(2)14-6)9(13)8-3-10-15-11-8/h3,6-7H,4-5H2,1-2H3. The normalized spacial score (nSPS) is 26.7. The number of hydrogen-bond acceptors (Lipinski definition) is 5. The number of hydrogen-bond donors (Lipinski definition) is 0. The van der Waals surface area contributed by atoms with Crippen molar-refractivity contribution in [2.24, 2.45) is 0 Å². The summed E-state index contributed by atoms with van der Waals surface area (Å²) in [5.74, 6) is 0.0164. The summed E-state index contributed by atoms with van der Waals surface area (Å²) in [4.78, 5) is 13.9. The third kappa shape index (κ3) is 2.49. The van der Waals surface area contributed by atoms with Crippen molar-refractivity contribution < 1.29 is 4.79 Å². The van der Waals surface area contributed by atoms with Gasteiger partial charge in [0.2, 0.25) is 0 Å². The van der Waals surface area contributed by atoms with Gasteiger partial charge < -0.3 is 4.90 Å². The lowest BCUT2D eigenvalue weighted by molar-refractivity contribution is 0.0748. The Morgan fingerprint density at radius 3 is 2.67 bits per heavy atom. The molecule has 4 nitrogen and oxygen atoms in total. The minimum Gasteiger partial charge on any atom is -0.335 e. The lowest BCUT2D eigenvalue weighted by Crippen LogP contribution is -2.44. The molecule has 0 aliphatic carbocycles. The molecule has 1 aromatic rings. The molecule has 15 heavy (non-hydrogen) atoms. The first kappa shape index (κ1) is 10.9. The average molecular weight is 243 g/mol. The molecule has 82 valence electrons. The highest BCUT2D eigenvalue weighted by molar-refractivity contribution is 8.00. The van der Waals surface area contributed by atoms with Crippen LogP contribution in [0.3, 0.4) is 0 Å². The number of carbonyl (C=O) groups is 1. The Kier molecular flexibility index (Phi) is 3.25. The number of rotatable bonds is 1. The topological polar surface area (TPSA) is 46.1 Å². The first-order chi connectivity index (χ1) is 7.16. The summed E-state index contributed by atoms with van der Waals surface area (Å²) < 4.78 is 7.83. The molecule has 1 aliphatic heterocycles. The van der Waals surface area contributed by atoms with Crippen molar-refractivity contribution in [3.63, 3.8) is 0 Å². The first-order valence-corrected chi connectivity index (χ1v) is 6.56. The predicted molar refractivity (Wildman–Crippen MR) is 62.3 cm³/mol. The molecule has 1 fully saturated rings. The van der Waals surface area contributed by atoms with Crippen LogP contribution >= 0.6 is 23.5 Å². The fourth-order valence-corrected chi connectivity index (χ4v) is 3.50. The molecule has 1 aromatic heterocycles. The van der Waals surface area contributed by atoms with Crippen molar-refractivity contribution >= 4 is 29.4 Å². The molecular formula is C9H13N3OS2. The molecule has 0 spiro atoms. The molecular weight excluding hydrogens is 230 g/mol. The summed E-state index contributed by atoms with van der Waals surface area (Å²) in [5.41, 5.74) is 0.478. The van der Waals surface area contributed by atoms with Gasteiger partial charge in [0.25, 0.3) is 5.91 Å². The van der Waals surface area contributed by atoms with E-state index in [1.807, 2.05) is 16.7 Å². The van der Waals surface area contributed by atoms with Gasteiger partial charge in [-0.1, -0.05) is 13.8 Å². The van der Waals surface area contributed by atoms with E-state index in [0.29, 0.717) is 16.2 Å². The number of aromatic nitrogens is 2. The van der Waals surface area contributed by atoms with Crippen LogP contribution < -0.4 is 0 Å². The van der Waals surface area contributed by atoms with Gasteiger partial charge in [0, 0.05) is 23.6 Å². The van der Waals surface area contributed by atoms with E-state index in [9.17, 15) is 4.79 Å². The number of carbonyl (C=O) groups excluding carboxylic acids is 1. The van der Waals surface area contributed by atoms with E-state index in [-0.39, 0.29) is 5.91 Å². The number of nitrogens with zero attached hydrogens (tertiary/aromatic N) is 3. The maximum atomic E-state index is 12.0. The summed E-state index contributed by atoms with van der Waals surface area (Å²) in [5, 5.41) is 1.01. The van der Waals surface area contributed by atoms with Crippen molar-refractivity contribution in [2.75, 3.05) is 13.1 Å². The van der Waals surface area contributed by atoms with E-state index >= 15 is 0 Å². The SMILES string of the molecule is CC1CN(C(=O)c2cnsn2)CC(C)S1. The van der Waals surface area contributed by atoms with Crippen molar-refractivity contribution in [2.45, 2.75) is 24.3 Å². The minimum atomic E-state index is 0.0164. The molecule has 6 heteroatoms. The Morgan fingerprint density at radius 2 is 2.13 bits per heavy atom. The minimum absolute atomic E-state index is 0.0164. The molecule has 2 atom stereocenters. The zero-order chi connectivity index (χ0) is 10.8. The van der Waals surface area contributed by atoms with Gasteiger partial charge in [0.15, 0.2) is 5.69 Å². The van der Waals surface area contributed by atoms with E-state index in [0.717, 1.165) is 24.8 Å². The Balaban J connectivity index is 2.07. The molecule has 1 amide bonds. The highest BCUT2D eigenvalue weighted by Gasteiger charge is 2.27. The molecule has 0 saturated carbocycles. The second-order valence-electron chi connectivity index (χ2n) is 3.76. The number of thioether (sulfide) groups is 1. The number of amides is 1. The van der Waals surface area contributed by atoms with Crippen LogP contribution in [0.2, 0.25) is 0 Å². The summed E-state index contributed by atoms with van der Waals surface area (Å²) in [7, 11) is 0. The second-order valence-corrected chi connectivity index (χ2v) is 6.20. The third-order valence-corrected chi connectivity index (χ3v) is 3.99. The summed E-state index contributed by atoms with van der Waals surface area (Å²) in [6.07, 6.45) is 1.55. The summed E-state index contributed by atoms with van der Waals surface area (Å²) in [6.45, 7) is 5.93. The Bertz CT molecular complexity index is 331. The molecule has 2 unspecified atom stereocenters. The van der Waals surface area contributed by atoms with Crippen molar-refractivity contribution in [1.29, 1.82) is 0 Å². The highest BCUT2D eigenvalue weighted by Crippen LogP contribution is 2.25. The Hall–Kier alpha value is -0.620. The molecule has 0 aromatic carbocycles. The van der Waals surface area contributed by atoms with E-state index in [1.54, 1.807) is 6.20 Å². The molecule has 1 aliphatic rings. The van der Waals surface area contributed by atoms with Gasteiger partial charge in [-0.15, -0.1) is 0 Å². The summed E-state index contributed by atoms with van der Waals surface area (Å²) >= 11 is 3.01. The fraction of sp³-hybridized carbons (Fsp3) is 0.667. The molecule has 1 saturated heterocycles. The maximum absolute atomic E-state index is 12.0. The molecule has 2 rings (SSSR count). The summed E-state index contributed by atoms with van der Waals surface area (Å²) in [6, 6.07) is 0. The average Bonchev–Trinajstić information content (AvgIpc) is 2.67. The van der Waals surface area contributed by atoms with Gasteiger partial charge in [0.1, 0.15) is 0 Å². The smallest absolute Gasteiger partial charge is 0.275 e. The van der Waals surface area contributed by atoms with Crippen LogP contribution in [0.15, 0.2) is 6.20 Å². The van der Waals surface area contributed by atoms with Crippen LogP contribution in [0.4, 0.5) is 0 Å². The van der Waals surface area contributed by atoms with Crippen LogP contribution in [0.25, 0.3) is 0 Å². The quantitative estimate of drug-likeness (QED) is 0.750. The zero-order valence-electron chi connectivity index (χ0n) is 8.71. The van der Waals surface area contributed by atoms with Crippen LogP contribution in [0.1, 0.15) is 24.3 Å². The predicted octanol–water partition coefficient (Wildman–Crippen LogP) is 1.50. The van der Waals surface area contributed by atoms with Crippen LogP contribution in [-0.2, 0) is 0 Å². The lowest BCUT2D eigenvalue weighted by Gasteiger charge is -2.34. The Labute approximate surface area is 97.4 Å².